The fourth-order valence-electron chi connectivity index (χ4n) is 5.43. The molecule has 6 rings (SSSR count). The van der Waals surface area contributed by atoms with Crippen LogP contribution in [0.4, 0.5) is 0 Å². The summed E-state index contributed by atoms with van der Waals surface area (Å²) in [6, 6.07) is 21.3. The molecule has 0 saturated carbocycles. The second-order valence-electron chi connectivity index (χ2n) is 8.38. The Balaban J connectivity index is 1.38. The molecule has 3 heteroatoms. The van der Waals surface area contributed by atoms with Crippen molar-refractivity contribution < 1.29 is 4.74 Å². The lowest BCUT2D eigenvalue weighted by atomic mass is 9.68. The van der Waals surface area contributed by atoms with E-state index in [1.807, 2.05) is 0 Å². The topological polar surface area (TPSA) is 15.7 Å². The van der Waals surface area contributed by atoms with Crippen molar-refractivity contribution in [3.63, 3.8) is 0 Å². The molecule has 4 fully saturated rings. The third kappa shape index (κ3) is 3.56. The molecule has 0 aliphatic carbocycles. The van der Waals surface area contributed by atoms with E-state index in [0.717, 1.165) is 38.8 Å². The van der Waals surface area contributed by atoms with Gasteiger partial charge in [-0.3, -0.25) is 9.80 Å². The van der Waals surface area contributed by atoms with Crippen molar-refractivity contribution in [2.24, 2.45) is 5.92 Å². The van der Waals surface area contributed by atoms with Crippen LogP contribution < -0.4 is 0 Å². The summed E-state index contributed by atoms with van der Waals surface area (Å²) in [5.74, 6) is 1.46. The lowest BCUT2D eigenvalue weighted by molar-refractivity contribution is 0.0244. The molecule has 0 spiro atoms. The second kappa shape index (κ2) is 7.75. The van der Waals surface area contributed by atoms with Crippen molar-refractivity contribution >= 4 is 0 Å². The molecule has 4 aliphatic heterocycles. The van der Waals surface area contributed by atoms with E-state index in [0.29, 0.717) is 12.0 Å². The lowest BCUT2D eigenvalue weighted by Gasteiger charge is -2.51. The SMILES string of the molecule is c1ccc(C2C(c3ccc(CN4CCOCC4)cc3)C3CCN2CC3)cc1. The third-order valence-electron chi connectivity index (χ3n) is 6.83. The van der Waals surface area contributed by atoms with Gasteiger partial charge in [-0.25, -0.2) is 0 Å². The molecule has 4 aliphatic rings. The van der Waals surface area contributed by atoms with Crippen LogP contribution in [0.3, 0.4) is 0 Å². The molecule has 4 saturated heterocycles. The molecule has 3 nitrogen and oxygen atoms in total. The maximum absolute atomic E-state index is 5.47. The van der Waals surface area contributed by atoms with Crippen LogP contribution in [0.2, 0.25) is 0 Å². The molecule has 2 unspecified atom stereocenters. The van der Waals surface area contributed by atoms with E-state index in [1.165, 1.54) is 42.6 Å². The predicted molar refractivity (Wildman–Crippen MR) is 109 cm³/mol. The minimum absolute atomic E-state index is 0.545. The Hall–Kier alpha value is -1.68. The summed E-state index contributed by atoms with van der Waals surface area (Å²) in [4.78, 5) is 5.22. The van der Waals surface area contributed by atoms with Gasteiger partial charge in [0, 0.05) is 31.6 Å². The molecular formula is C24H30N2O. The summed E-state index contributed by atoms with van der Waals surface area (Å²) in [7, 11) is 0. The van der Waals surface area contributed by atoms with Gasteiger partial charge in [-0.2, -0.15) is 0 Å². The highest BCUT2D eigenvalue weighted by molar-refractivity contribution is 5.33. The van der Waals surface area contributed by atoms with E-state index in [-0.39, 0.29) is 0 Å². The van der Waals surface area contributed by atoms with E-state index < -0.39 is 0 Å². The Morgan fingerprint density at radius 3 is 2.19 bits per heavy atom. The van der Waals surface area contributed by atoms with Gasteiger partial charge in [-0.15, -0.1) is 0 Å². The second-order valence-corrected chi connectivity index (χ2v) is 8.38. The van der Waals surface area contributed by atoms with Crippen LogP contribution in [-0.2, 0) is 11.3 Å². The number of piperidine rings is 3. The molecule has 0 N–H and O–H groups in total. The molecular weight excluding hydrogens is 332 g/mol. The number of ether oxygens (including phenoxy) is 1. The lowest BCUT2D eigenvalue weighted by Crippen LogP contribution is -2.48. The first kappa shape index (κ1) is 17.4. The van der Waals surface area contributed by atoms with Crippen LogP contribution in [0.15, 0.2) is 54.6 Å². The van der Waals surface area contributed by atoms with Crippen LogP contribution in [-0.4, -0.2) is 49.2 Å². The fraction of sp³-hybridized carbons (Fsp3) is 0.500. The number of hydrogen-bond acceptors (Lipinski definition) is 3. The zero-order valence-electron chi connectivity index (χ0n) is 16.1. The maximum atomic E-state index is 5.47. The number of morpholine rings is 1. The van der Waals surface area contributed by atoms with Crippen molar-refractivity contribution in [2.45, 2.75) is 31.3 Å². The summed E-state index contributed by atoms with van der Waals surface area (Å²) in [5, 5.41) is 0. The molecule has 4 heterocycles. The zero-order chi connectivity index (χ0) is 18.1. The van der Waals surface area contributed by atoms with E-state index in [4.69, 9.17) is 4.74 Å². The van der Waals surface area contributed by atoms with Gasteiger partial charge >= 0.3 is 0 Å². The first-order valence-electron chi connectivity index (χ1n) is 10.6. The number of fused-ring (bicyclic) bond motifs is 3. The fourth-order valence-corrected chi connectivity index (χ4v) is 5.43. The van der Waals surface area contributed by atoms with Crippen LogP contribution in [0.1, 0.15) is 41.5 Å². The average Bonchev–Trinajstić information content (AvgIpc) is 2.76. The Bertz CT molecular complexity index is 731. The van der Waals surface area contributed by atoms with E-state index in [9.17, 15) is 0 Å². The molecule has 27 heavy (non-hydrogen) atoms. The summed E-state index contributed by atoms with van der Waals surface area (Å²) >= 11 is 0. The minimum atomic E-state index is 0.545. The standard InChI is InChI=1S/C24H30N2O/c1-2-4-22(5-3-1)24-23(21-10-12-26(24)13-11-21)20-8-6-19(7-9-20)18-25-14-16-27-17-15-25/h1-9,21,23-24H,10-18H2. The molecule has 0 aromatic heterocycles. The quantitative estimate of drug-likeness (QED) is 0.815. The van der Waals surface area contributed by atoms with E-state index >= 15 is 0 Å². The first-order valence-corrected chi connectivity index (χ1v) is 10.6. The first-order chi connectivity index (χ1) is 13.4. The maximum Gasteiger partial charge on any atom is 0.0594 e. The third-order valence-corrected chi connectivity index (χ3v) is 6.83. The van der Waals surface area contributed by atoms with Gasteiger partial charge in [0.2, 0.25) is 0 Å². The van der Waals surface area contributed by atoms with Crippen molar-refractivity contribution in [2.75, 3.05) is 39.4 Å². The summed E-state index contributed by atoms with van der Waals surface area (Å²) in [6.07, 6.45) is 2.70. The van der Waals surface area contributed by atoms with Crippen LogP contribution in [0.5, 0.6) is 0 Å². The number of rotatable bonds is 4. The predicted octanol–water partition coefficient (Wildman–Crippen LogP) is 4.07. The molecule has 0 radical (unpaired) electrons. The van der Waals surface area contributed by atoms with Gasteiger partial charge in [0.1, 0.15) is 0 Å². The minimum Gasteiger partial charge on any atom is -0.379 e. The number of nitrogens with zero attached hydrogens (tertiary/aromatic N) is 2. The highest BCUT2D eigenvalue weighted by Gasteiger charge is 2.43. The van der Waals surface area contributed by atoms with Crippen molar-refractivity contribution in [3.8, 4) is 0 Å². The van der Waals surface area contributed by atoms with Gasteiger partial charge in [0.25, 0.3) is 0 Å². The van der Waals surface area contributed by atoms with Gasteiger partial charge < -0.3 is 4.74 Å². The Morgan fingerprint density at radius 1 is 0.778 bits per heavy atom. The smallest absolute Gasteiger partial charge is 0.0594 e. The van der Waals surface area contributed by atoms with Crippen molar-refractivity contribution in [1.29, 1.82) is 0 Å². The van der Waals surface area contributed by atoms with Crippen LogP contribution in [0, 0.1) is 5.92 Å². The van der Waals surface area contributed by atoms with Gasteiger partial charge in [-0.1, -0.05) is 54.6 Å². The number of hydrogen-bond donors (Lipinski definition) is 0. The van der Waals surface area contributed by atoms with Gasteiger partial charge in [0.05, 0.1) is 13.2 Å². The van der Waals surface area contributed by atoms with Crippen molar-refractivity contribution in [3.05, 3.63) is 71.3 Å². The molecule has 2 aromatic carbocycles. The van der Waals surface area contributed by atoms with Gasteiger partial charge in [0.15, 0.2) is 0 Å². The van der Waals surface area contributed by atoms with E-state index in [2.05, 4.69) is 64.4 Å². The van der Waals surface area contributed by atoms with E-state index in [1.54, 1.807) is 0 Å². The largest absolute Gasteiger partial charge is 0.379 e. The molecule has 0 amide bonds. The van der Waals surface area contributed by atoms with Crippen LogP contribution in [0.25, 0.3) is 0 Å². The summed E-state index contributed by atoms with van der Waals surface area (Å²) in [5.41, 5.74) is 4.45. The van der Waals surface area contributed by atoms with Gasteiger partial charge in [-0.05, 0) is 48.5 Å². The molecule has 2 atom stereocenters. The monoisotopic (exact) mass is 362 g/mol. The normalized spacial score (nSPS) is 31.1. The molecule has 2 bridgehead atoms. The van der Waals surface area contributed by atoms with Crippen molar-refractivity contribution in [1.82, 2.24) is 9.80 Å². The highest BCUT2D eigenvalue weighted by Crippen LogP contribution is 2.50. The summed E-state index contributed by atoms with van der Waals surface area (Å²) in [6.45, 7) is 7.42. The van der Waals surface area contributed by atoms with Crippen LogP contribution >= 0.6 is 0 Å². The number of benzene rings is 2. The molecule has 142 valence electrons. The summed E-state index contributed by atoms with van der Waals surface area (Å²) < 4.78 is 5.47. The Labute approximate surface area is 162 Å². The molecule has 2 aromatic rings. The average molecular weight is 363 g/mol. The Kier molecular flexibility index (Phi) is 5.00. The highest BCUT2D eigenvalue weighted by atomic mass is 16.5. The zero-order valence-corrected chi connectivity index (χ0v) is 16.1. The Morgan fingerprint density at radius 2 is 1.48 bits per heavy atom.